The van der Waals surface area contributed by atoms with Crippen LogP contribution in [0.1, 0.15) is 19.3 Å². The fourth-order valence-corrected chi connectivity index (χ4v) is 2.94. The molecule has 0 unspecified atom stereocenters. The Morgan fingerprint density at radius 1 is 1.10 bits per heavy atom. The molecule has 2 saturated heterocycles. The lowest BCUT2D eigenvalue weighted by molar-refractivity contribution is -0.141. The average molecular weight is 274 g/mol. The van der Waals surface area contributed by atoms with E-state index >= 15 is 0 Å². The van der Waals surface area contributed by atoms with Crippen molar-refractivity contribution in [2.75, 3.05) is 29.4 Å². The molecule has 0 saturated carbocycles. The molecule has 1 aromatic carbocycles. The van der Waals surface area contributed by atoms with Gasteiger partial charge in [-0.15, -0.1) is 0 Å². The van der Waals surface area contributed by atoms with Crippen LogP contribution in [0.25, 0.3) is 0 Å². The van der Waals surface area contributed by atoms with Gasteiger partial charge in [-0.3, -0.25) is 9.59 Å². The van der Waals surface area contributed by atoms with Crippen LogP contribution < -0.4 is 9.80 Å². The number of carboxylic acid groups (broad SMARTS) is 1. The van der Waals surface area contributed by atoms with Crippen LogP contribution >= 0.6 is 0 Å². The lowest BCUT2D eigenvalue weighted by atomic mass is 10.1. The second-order valence-electron chi connectivity index (χ2n) is 5.45. The van der Waals surface area contributed by atoms with Crippen LogP contribution in [0.3, 0.4) is 0 Å². The van der Waals surface area contributed by atoms with E-state index in [1.54, 1.807) is 4.90 Å². The van der Waals surface area contributed by atoms with Crippen molar-refractivity contribution in [2.45, 2.75) is 19.3 Å². The zero-order chi connectivity index (χ0) is 14.1. The number of anilines is 2. The largest absolute Gasteiger partial charge is 0.481 e. The Kier molecular flexibility index (Phi) is 3.34. The van der Waals surface area contributed by atoms with Crippen LogP contribution in [-0.2, 0) is 9.59 Å². The molecule has 3 rings (SSSR count). The van der Waals surface area contributed by atoms with E-state index in [-0.39, 0.29) is 18.9 Å². The molecule has 0 aliphatic carbocycles. The van der Waals surface area contributed by atoms with Crippen LogP contribution in [0.15, 0.2) is 24.3 Å². The Hall–Kier alpha value is -2.04. The SMILES string of the molecule is O=C(O)[C@@H]1CC(=O)N(c2ccc(N3CCCC3)cc2)C1. The predicted octanol–water partition coefficient (Wildman–Crippen LogP) is 1.72. The quantitative estimate of drug-likeness (QED) is 0.911. The van der Waals surface area contributed by atoms with Gasteiger partial charge in [0.15, 0.2) is 0 Å². The summed E-state index contributed by atoms with van der Waals surface area (Å²) in [6.45, 7) is 2.45. The Labute approximate surface area is 117 Å². The van der Waals surface area contributed by atoms with Gasteiger partial charge in [0.1, 0.15) is 0 Å². The summed E-state index contributed by atoms with van der Waals surface area (Å²) in [5.74, 6) is -1.58. The normalized spacial score (nSPS) is 22.6. The van der Waals surface area contributed by atoms with Gasteiger partial charge in [0.05, 0.1) is 5.92 Å². The molecule has 5 nitrogen and oxygen atoms in total. The second kappa shape index (κ2) is 5.15. The minimum atomic E-state index is -0.894. The number of nitrogens with zero attached hydrogens (tertiary/aromatic N) is 2. The molecule has 2 aliphatic heterocycles. The number of hydrogen-bond donors (Lipinski definition) is 1. The van der Waals surface area contributed by atoms with Crippen LogP contribution in [0.5, 0.6) is 0 Å². The summed E-state index contributed by atoms with van der Waals surface area (Å²) < 4.78 is 0. The molecule has 0 spiro atoms. The summed E-state index contributed by atoms with van der Waals surface area (Å²) in [6, 6.07) is 7.86. The van der Waals surface area contributed by atoms with Crippen molar-refractivity contribution >= 4 is 23.3 Å². The lowest BCUT2D eigenvalue weighted by Crippen LogP contribution is -2.25. The Balaban J connectivity index is 1.74. The third-order valence-corrected chi connectivity index (χ3v) is 4.11. The first-order valence-electron chi connectivity index (χ1n) is 7.03. The van der Waals surface area contributed by atoms with Gasteiger partial charge in [0.25, 0.3) is 0 Å². The summed E-state index contributed by atoms with van der Waals surface area (Å²) in [7, 11) is 0. The van der Waals surface area contributed by atoms with E-state index in [0.29, 0.717) is 0 Å². The smallest absolute Gasteiger partial charge is 0.308 e. The fourth-order valence-electron chi connectivity index (χ4n) is 2.94. The molecule has 0 bridgehead atoms. The number of hydrogen-bond acceptors (Lipinski definition) is 3. The number of rotatable bonds is 3. The highest BCUT2D eigenvalue weighted by Crippen LogP contribution is 2.28. The molecule has 0 radical (unpaired) electrons. The Morgan fingerprint density at radius 3 is 2.25 bits per heavy atom. The minimum absolute atomic E-state index is 0.100. The first kappa shape index (κ1) is 13.0. The Morgan fingerprint density at radius 2 is 1.70 bits per heavy atom. The lowest BCUT2D eigenvalue weighted by Gasteiger charge is -2.20. The standard InChI is InChI=1S/C15H18N2O3/c18-14-9-11(15(19)20)10-17(14)13-5-3-12(4-6-13)16-7-1-2-8-16/h3-6,11H,1-2,7-10H2,(H,19,20)/t11-/m1/s1. The van der Waals surface area contributed by atoms with Crippen molar-refractivity contribution in [2.24, 2.45) is 5.92 Å². The highest BCUT2D eigenvalue weighted by atomic mass is 16.4. The van der Waals surface area contributed by atoms with Crippen molar-refractivity contribution in [1.29, 1.82) is 0 Å². The molecule has 2 heterocycles. The molecule has 2 aliphatic rings. The first-order chi connectivity index (χ1) is 9.65. The number of carbonyl (C=O) groups excluding carboxylic acids is 1. The maximum atomic E-state index is 11.9. The molecule has 1 amide bonds. The predicted molar refractivity (Wildman–Crippen MR) is 76.0 cm³/mol. The van der Waals surface area contributed by atoms with Crippen LogP contribution in [0, 0.1) is 5.92 Å². The molecule has 106 valence electrons. The first-order valence-corrected chi connectivity index (χ1v) is 7.03. The second-order valence-corrected chi connectivity index (χ2v) is 5.45. The van der Waals surface area contributed by atoms with E-state index in [1.807, 2.05) is 24.3 Å². The molecule has 2 fully saturated rings. The summed E-state index contributed by atoms with van der Waals surface area (Å²) >= 11 is 0. The van der Waals surface area contributed by atoms with Crippen molar-refractivity contribution in [3.8, 4) is 0 Å². The van der Waals surface area contributed by atoms with E-state index in [9.17, 15) is 9.59 Å². The van der Waals surface area contributed by atoms with Crippen LogP contribution in [0.2, 0.25) is 0 Å². The zero-order valence-corrected chi connectivity index (χ0v) is 11.3. The molecule has 1 aromatic rings. The summed E-state index contributed by atoms with van der Waals surface area (Å²) in [5.41, 5.74) is 1.97. The van der Waals surface area contributed by atoms with Gasteiger partial charge in [-0.2, -0.15) is 0 Å². The van der Waals surface area contributed by atoms with E-state index in [4.69, 9.17) is 5.11 Å². The Bertz CT molecular complexity index is 520. The topological polar surface area (TPSA) is 60.9 Å². The van der Waals surface area contributed by atoms with E-state index in [0.717, 1.165) is 18.8 Å². The van der Waals surface area contributed by atoms with E-state index < -0.39 is 11.9 Å². The average Bonchev–Trinajstić information content (AvgIpc) is 3.08. The van der Waals surface area contributed by atoms with Gasteiger partial charge in [-0.25, -0.2) is 0 Å². The van der Waals surface area contributed by atoms with Crippen LogP contribution in [-0.4, -0.2) is 36.6 Å². The third-order valence-electron chi connectivity index (χ3n) is 4.11. The van der Waals surface area contributed by atoms with Gasteiger partial charge in [0, 0.05) is 37.4 Å². The fraction of sp³-hybridized carbons (Fsp3) is 0.467. The molecule has 20 heavy (non-hydrogen) atoms. The monoisotopic (exact) mass is 274 g/mol. The van der Waals surface area contributed by atoms with Crippen LogP contribution in [0.4, 0.5) is 11.4 Å². The van der Waals surface area contributed by atoms with Crippen molar-refractivity contribution in [3.05, 3.63) is 24.3 Å². The van der Waals surface area contributed by atoms with Gasteiger partial charge < -0.3 is 14.9 Å². The van der Waals surface area contributed by atoms with Gasteiger partial charge >= 0.3 is 5.97 Å². The van der Waals surface area contributed by atoms with Gasteiger partial charge in [-0.05, 0) is 37.1 Å². The summed E-state index contributed by atoms with van der Waals surface area (Å²) in [5, 5.41) is 9.00. The molecule has 1 atom stereocenters. The highest BCUT2D eigenvalue weighted by molar-refractivity contribution is 5.99. The van der Waals surface area contributed by atoms with E-state index in [1.165, 1.54) is 18.5 Å². The van der Waals surface area contributed by atoms with E-state index in [2.05, 4.69) is 4.90 Å². The maximum absolute atomic E-state index is 11.9. The zero-order valence-electron chi connectivity index (χ0n) is 11.3. The number of aliphatic carboxylic acids is 1. The summed E-state index contributed by atoms with van der Waals surface area (Å²) in [6.07, 6.45) is 2.56. The molecule has 1 N–H and O–H groups in total. The number of carboxylic acids is 1. The van der Waals surface area contributed by atoms with Crippen molar-refractivity contribution in [1.82, 2.24) is 0 Å². The maximum Gasteiger partial charge on any atom is 0.308 e. The molecular formula is C15H18N2O3. The number of amides is 1. The van der Waals surface area contributed by atoms with Gasteiger partial charge in [-0.1, -0.05) is 0 Å². The molecule has 0 aromatic heterocycles. The van der Waals surface area contributed by atoms with Gasteiger partial charge in [0.2, 0.25) is 5.91 Å². The van der Waals surface area contributed by atoms with Crippen molar-refractivity contribution < 1.29 is 14.7 Å². The molecular weight excluding hydrogens is 256 g/mol. The summed E-state index contributed by atoms with van der Waals surface area (Å²) in [4.78, 5) is 26.8. The van der Waals surface area contributed by atoms with Crippen molar-refractivity contribution in [3.63, 3.8) is 0 Å². The highest BCUT2D eigenvalue weighted by Gasteiger charge is 2.35. The number of benzene rings is 1. The minimum Gasteiger partial charge on any atom is -0.481 e. The molecule has 5 heteroatoms. The number of carbonyl (C=O) groups is 2. The third kappa shape index (κ3) is 2.35.